The van der Waals surface area contributed by atoms with Crippen LogP contribution in [0.2, 0.25) is 0 Å². The Kier molecular flexibility index (Phi) is 4.97. The molecule has 1 N–H and O–H groups in total. The minimum absolute atomic E-state index is 0.0987. The molecule has 0 unspecified atom stereocenters. The summed E-state index contributed by atoms with van der Waals surface area (Å²) in [4.78, 5) is 16.7. The first kappa shape index (κ1) is 17.0. The summed E-state index contributed by atoms with van der Waals surface area (Å²) >= 11 is 0. The number of piperazine rings is 1. The average molecular weight is 307 g/mol. The molecule has 22 heavy (non-hydrogen) atoms. The summed E-state index contributed by atoms with van der Waals surface area (Å²) in [5.41, 5.74) is 1.19. The highest BCUT2D eigenvalue weighted by molar-refractivity contribution is 5.31. The molecular weight excluding hydrogens is 278 g/mol. The lowest BCUT2D eigenvalue weighted by atomic mass is 10.0. The number of hydrogen-bond acceptors (Lipinski definition) is 4. The van der Waals surface area contributed by atoms with Crippen LogP contribution in [0.1, 0.15) is 39.1 Å². The molecule has 1 fully saturated rings. The Morgan fingerprint density at radius 1 is 1.14 bits per heavy atom. The third-order valence-corrected chi connectivity index (χ3v) is 4.43. The summed E-state index contributed by atoms with van der Waals surface area (Å²) in [7, 11) is 0. The lowest BCUT2D eigenvalue weighted by Crippen LogP contribution is -2.46. The van der Waals surface area contributed by atoms with Crippen molar-refractivity contribution in [3.63, 3.8) is 0 Å². The predicted octanol–water partition coefficient (Wildman–Crippen LogP) is 1.75. The van der Waals surface area contributed by atoms with E-state index in [2.05, 4.69) is 42.1 Å². The van der Waals surface area contributed by atoms with Gasteiger partial charge in [-0.25, -0.2) is 0 Å². The first-order valence-corrected chi connectivity index (χ1v) is 8.13. The zero-order valence-electron chi connectivity index (χ0n) is 14.5. The second kappa shape index (κ2) is 6.42. The molecule has 0 aliphatic carbocycles. The van der Waals surface area contributed by atoms with Crippen LogP contribution >= 0.6 is 0 Å². The molecule has 1 aliphatic rings. The Morgan fingerprint density at radius 2 is 1.68 bits per heavy atom. The highest BCUT2D eigenvalue weighted by atomic mass is 16.3. The van der Waals surface area contributed by atoms with Gasteiger partial charge in [-0.05, 0) is 34.2 Å². The van der Waals surface area contributed by atoms with Crippen molar-refractivity contribution < 1.29 is 5.11 Å². The van der Waals surface area contributed by atoms with Gasteiger partial charge in [0.2, 0.25) is 5.43 Å². The Bertz CT molecular complexity index is 579. The molecule has 0 saturated carbocycles. The average Bonchev–Trinajstić information content (AvgIpc) is 2.43. The van der Waals surface area contributed by atoms with E-state index in [9.17, 15) is 9.90 Å². The zero-order valence-corrected chi connectivity index (χ0v) is 14.5. The predicted molar refractivity (Wildman–Crippen MR) is 89.5 cm³/mol. The first-order valence-electron chi connectivity index (χ1n) is 8.13. The fourth-order valence-corrected chi connectivity index (χ4v) is 3.34. The fraction of sp³-hybridized carbons (Fsp3) is 0.706. The Morgan fingerprint density at radius 3 is 2.18 bits per heavy atom. The van der Waals surface area contributed by atoms with Gasteiger partial charge in [-0.15, -0.1) is 0 Å². The number of pyridine rings is 1. The van der Waals surface area contributed by atoms with Crippen LogP contribution in [0.15, 0.2) is 10.9 Å². The van der Waals surface area contributed by atoms with E-state index in [1.54, 1.807) is 0 Å². The van der Waals surface area contributed by atoms with Crippen LogP contribution in [0.4, 0.5) is 0 Å². The molecule has 0 radical (unpaired) electrons. The number of likely N-dealkylation sites (N-methyl/N-ethyl adjacent to an activating group) is 1. The van der Waals surface area contributed by atoms with E-state index in [0.717, 1.165) is 44.1 Å². The molecular formula is C17H29N3O2. The maximum Gasteiger partial charge on any atom is 0.223 e. The molecule has 0 atom stereocenters. The third kappa shape index (κ3) is 3.52. The molecule has 1 aromatic heterocycles. The molecule has 5 nitrogen and oxygen atoms in total. The summed E-state index contributed by atoms with van der Waals surface area (Å²) < 4.78 is 2.09. The van der Waals surface area contributed by atoms with Crippen molar-refractivity contribution >= 4 is 0 Å². The molecule has 0 bridgehead atoms. The van der Waals surface area contributed by atoms with Crippen LogP contribution in [0.25, 0.3) is 0 Å². The van der Waals surface area contributed by atoms with Crippen molar-refractivity contribution in [2.75, 3.05) is 32.7 Å². The number of aromatic nitrogens is 1. The van der Waals surface area contributed by atoms with Gasteiger partial charge in [0.15, 0.2) is 5.75 Å². The van der Waals surface area contributed by atoms with Crippen molar-refractivity contribution in [2.24, 2.45) is 0 Å². The summed E-state index contributed by atoms with van der Waals surface area (Å²) in [5.74, 6) is -0.0987. The number of hydrogen-bond donors (Lipinski definition) is 1. The van der Waals surface area contributed by atoms with E-state index in [1.807, 2.05) is 6.92 Å². The van der Waals surface area contributed by atoms with Gasteiger partial charge < -0.3 is 14.6 Å². The molecule has 1 saturated heterocycles. The van der Waals surface area contributed by atoms with Crippen LogP contribution in [-0.4, -0.2) is 52.2 Å². The maximum atomic E-state index is 12.0. The molecule has 2 rings (SSSR count). The van der Waals surface area contributed by atoms with Gasteiger partial charge in [0, 0.05) is 50.0 Å². The van der Waals surface area contributed by atoms with Crippen molar-refractivity contribution in [3.05, 3.63) is 27.7 Å². The monoisotopic (exact) mass is 307 g/mol. The van der Waals surface area contributed by atoms with Crippen molar-refractivity contribution in [1.82, 2.24) is 14.4 Å². The molecule has 124 valence electrons. The Labute approximate surface area is 133 Å². The molecule has 1 aromatic rings. The Hall–Kier alpha value is -1.33. The van der Waals surface area contributed by atoms with E-state index in [4.69, 9.17) is 0 Å². The molecule has 0 spiro atoms. The first-order chi connectivity index (χ1) is 10.2. The minimum atomic E-state index is -0.278. The van der Waals surface area contributed by atoms with Crippen LogP contribution in [0.3, 0.4) is 0 Å². The lowest BCUT2D eigenvalue weighted by Gasteiger charge is -2.36. The second-order valence-electron chi connectivity index (χ2n) is 7.16. The smallest absolute Gasteiger partial charge is 0.223 e. The number of nitrogens with zero attached hydrogens (tertiary/aromatic N) is 3. The fourth-order valence-electron chi connectivity index (χ4n) is 3.34. The number of aromatic hydroxyl groups is 1. The summed E-state index contributed by atoms with van der Waals surface area (Å²) in [6.45, 7) is 16.1. The quantitative estimate of drug-likeness (QED) is 0.924. The summed E-state index contributed by atoms with van der Waals surface area (Å²) in [6, 6.07) is 1.53. The van der Waals surface area contributed by atoms with Crippen LogP contribution in [0, 0.1) is 6.92 Å². The standard InChI is InChI=1S/C17H29N3O2/c1-6-18-7-9-19(10-8-18)12-14-16(22)15(21)11-13(2)20(14)17(3,4)5/h11,22H,6-10,12H2,1-5H3. The minimum Gasteiger partial charge on any atom is -0.503 e. The summed E-state index contributed by atoms with van der Waals surface area (Å²) in [6.07, 6.45) is 0. The highest BCUT2D eigenvalue weighted by Crippen LogP contribution is 2.25. The number of rotatable bonds is 3. The van der Waals surface area contributed by atoms with Gasteiger partial charge in [-0.1, -0.05) is 6.92 Å². The van der Waals surface area contributed by atoms with E-state index < -0.39 is 0 Å². The van der Waals surface area contributed by atoms with Crippen molar-refractivity contribution in [1.29, 1.82) is 0 Å². The normalized spacial score (nSPS) is 17.9. The van der Waals surface area contributed by atoms with E-state index in [0.29, 0.717) is 6.54 Å². The molecule has 0 aromatic carbocycles. The number of aryl methyl sites for hydroxylation is 1. The van der Waals surface area contributed by atoms with E-state index in [-0.39, 0.29) is 16.7 Å². The van der Waals surface area contributed by atoms with Gasteiger partial charge >= 0.3 is 0 Å². The SMILES string of the molecule is CCN1CCN(Cc2c(O)c(=O)cc(C)n2C(C)(C)C)CC1. The zero-order chi connectivity index (χ0) is 16.5. The highest BCUT2D eigenvalue weighted by Gasteiger charge is 2.25. The lowest BCUT2D eigenvalue weighted by molar-refractivity contribution is 0.126. The topological polar surface area (TPSA) is 48.7 Å². The molecule has 0 amide bonds. The van der Waals surface area contributed by atoms with Gasteiger partial charge in [-0.3, -0.25) is 9.69 Å². The van der Waals surface area contributed by atoms with E-state index >= 15 is 0 Å². The van der Waals surface area contributed by atoms with Gasteiger partial charge in [0.05, 0.1) is 5.69 Å². The summed E-state index contributed by atoms with van der Waals surface area (Å²) in [5, 5.41) is 10.3. The molecule has 1 aliphatic heterocycles. The molecule has 5 heteroatoms. The van der Waals surface area contributed by atoms with Gasteiger partial charge in [-0.2, -0.15) is 0 Å². The second-order valence-corrected chi connectivity index (χ2v) is 7.16. The van der Waals surface area contributed by atoms with Gasteiger partial charge in [0.25, 0.3) is 0 Å². The van der Waals surface area contributed by atoms with E-state index in [1.165, 1.54) is 6.07 Å². The van der Waals surface area contributed by atoms with Crippen molar-refractivity contribution in [3.8, 4) is 5.75 Å². The third-order valence-electron chi connectivity index (χ3n) is 4.43. The van der Waals surface area contributed by atoms with Crippen molar-refractivity contribution in [2.45, 2.75) is 46.7 Å². The maximum absolute atomic E-state index is 12.0. The van der Waals surface area contributed by atoms with Crippen LogP contribution in [-0.2, 0) is 12.1 Å². The Balaban J connectivity index is 2.32. The van der Waals surface area contributed by atoms with Crippen LogP contribution in [0.5, 0.6) is 5.75 Å². The largest absolute Gasteiger partial charge is 0.503 e. The van der Waals surface area contributed by atoms with Crippen LogP contribution < -0.4 is 5.43 Å². The molecule has 2 heterocycles. The van der Waals surface area contributed by atoms with Gasteiger partial charge in [0.1, 0.15) is 0 Å².